The zero-order valence-electron chi connectivity index (χ0n) is 12.9. The zero-order chi connectivity index (χ0) is 15.2. The van der Waals surface area contributed by atoms with E-state index < -0.39 is 0 Å². The highest BCUT2D eigenvalue weighted by Crippen LogP contribution is 2.11. The van der Waals surface area contributed by atoms with E-state index in [4.69, 9.17) is 4.42 Å². The number of fused-ring (bicyclic) bond motifs is 1. The van der Waals surface area contributed by atoms with Crippen LogP contribution in [0.3, 0.4) is 0 Å². The molecule has 3 heterocycles. The van der Waals surface area contributed by atoms with Crippen molar-refractivity contribution < 1.29 is 4.42 Å². The fraction of sp³-hybridized carbons (Fsp3) is 0.333. The van der Waals surface area contributed by atoms with Crippen LogP contribution in [0.1, 0.15) is 18.4 Å². The van der Waals surface area contributed by atoms with E-state index in [1.807, 2.05) is 34.3 Å². The molecular weight excluding hydrogens is 425 g/mol. The molecule has 6 nitrogen and oxygen atoms in total. The maximum absolute atomic E-state index is 5.32. The molecule has 0 spiro atoms. The number of rotatable bonds is 6. The van der Waals surface area contributed by atoms with E-state index in [0.717, 1.165) is 41.9 Å². The SMILES string of the molecule is CCNC(=NCc1cn2ccsc2n1)NCCc1ccco1.I. The Balaban J connectivity index is 0.00000192. The molecule has 124 valence electrons. The van der Waals surface area contributed by atoms with Gasteiger partial charge in [0, 0.05) is 37.3 Å². The molecule has 8 heteroatoms. The number of thiazole rings is 1. The monoisotopic (exact) mass is 445 g/mol. The molecule has 0 saturated carbocycles. The highest BCUT2D eigenvalue weighted by molar-refractivity contribution is 14.0. The molecule has 0 unspecified atom stereocenters. The van der Waals surface area contributed by atoms with Crippen LogP contribution in [0.2, 0.25) is 0 Å². The van der Waals surface area contributed by atoms with Crippen LogP contribution in [-0.2, 0) is 13.0 Å². The minimum atomic E-state index is 0. The molecule has 0 bridgehead atoms. The van der Waals surface area contributed by atoms with Crippen molar-refractivity contribution in [2.75, 3.05) is 13.1 Å². The van der Waals surface area contributed by atoms with Crippen molar-refractivity contribution in [3.8, 4) is 0 Å². The van der Waals surface area contributed by atoms with Gasteiger partial charge < -0.3 is 15.1 Å². The molecule has 0 amide bonds. The number of furan rings is 1. The summed E-state index contributed by atoms with van der Waals surface area (Å²) in [5.74, 6) is 1.77. The van der Waals surface area contributed by atoms with Gasteiger partial charge in [-0.05, 0) is 19.1 Å². The van der Waals surface area contributed by atoms with Crippen molar-refractivity contribution in [1.29, 1.82) is 0 Å². The largest absolute Gasteiger partial charge is 0.469 e. The third-order valence-corrected chi connectivity index (χ3v) is 3.90. The van der Waals surface area contributed by atoms with Crippen LogP contribution in [0, 0.1) is 0 Å². The van der Waals surface area contributed by atoms with Crippen molar-refractivity contribution in [2.45, 2.75) is 19.9 Å². The van der Waals surface area contributed by atoms with Gasteiger partial charge in [-0.2, -0.15) is 0 Å². The first kappa shape index (κ1) is 17.8. The van der Waals surface area contributed by atoms with E-state index in [0.29, 0.717) is 6.54 Å². The van der Waals surface area contributed by atoms with E-state index in [9.17, 15) is 0 Å². The average Bonchev–Trinajstić information content (AvgIpc) is 3.21. The van der Waals surface area contributed by atoms with E-state index in [-0.39, 0.29) is 24.0 Å². The summed E-state index contributed by atoms with van der Waals surface area (Å²) >= 11 is 1.63. The summed E-state index contributed by atoms with van der Waals surface area (Å²) in [5, 5.41) is 8.56. The van der Waals surface area contributed by atoms with E-state index >= 15 is 0 Å². The Morgan fingerprint density at radius 2 is 2.35 bits per heavy atom. The molecule has 3 aromatic rings. The van der Waals surface area contributed by atoms with Crippen molar-refractivity contribution >= 4 is 46.2 Å². The van der Waals surface area contributed by atoms with Crippen molar-refractivity contribution in [2.24, 2.45) is 4.99 Å². The standard InChI is InChI=1S/C15H19N5OS.HI/c1-2-16-14(17-6-5-13-4-3-8-21-13)18-10-12-11-20-7-9-22-15(20)19-12;/h3-4,7-9,11H,2,5-6,10H2,1H3,(H2,16,17,18);1H. The molecular formula is C15H20IN5OS. The van der Waals surface area contributed by atoms with Crippen LogP contribution in [0.15, 0.2) is 45.6 Å². The first-order valence-electron chi connectivity index (χ1n) is 7.31. The molecule has 0 aliphatic carbocycles. The van der Waals surface area contributed by atoms with Crippen LogP contribution < -0.4 is 10.6 Å². The fourth-order valence-corrected chi connectivity index (χ4v) is 2.83. The maximum Gasteiger partial charge on any atom is 0.193 e. The molecule has 0 saturated heterocycles. The maximum atomic E-state index is 5.32. The zero-order valence-corrected chi connectivity index (χ0v) is 16.0. The van der Waals surface area contributed by atoms with Gasteiger partial charge in [0.1, 0.15) is 5.76 Å². The highest BCUT2D eigenvalue weighted by Gasteiger charge is 2.03. The van der Waals surface area contributed by atoms with Gasteiger partial charge in [0.15, 0.2) is 10.9 Å². The number of nitrogens with zero attached hydrogens (tertiary/aromatic N) is 3. The number of halogens is 1. The van der Waals surface area contributed by atoms with Gasteiger partial charge in [-0.25, -0.2) is 9.98 Å². The topological polar surface area (TPSA) is 66.9 Å². The number of hydrogen-bond acceptors (Lipinski definition) is 4. The normalized spacial score (nSPS) is 11.4. The molecule has 0 atom stereocenters. The van der Waals surface area contributed by atoms with Crippen molar-refractivity contribution in [1.82, 2.24) is 20.0 Å². The summed E-state index contributed by atoms with van der Waals surface area (Å²) in [4.78, 5) is 10.1. The number of nitrogens with one attached hydrogen (secondary N) is 2. The quantitative estimate of drug-likeness (QED) is 0.348. The summed E-state index contributed by atoms with van der Waals surface area (Å²) in [7, 11) is 0. The number of aromatic nitrogens is 2. The number of hydrogen-bond donors (Lipinski definition) is 2. The summed E-state index contributed by atoms with van der Waals surface area (Å²) in [6, 6.07) is 3.88. The number of imidazole rings is 1. The number of guanidine groups is 1. The van der Waals surface area contributed by atoms with Crippen LogP contribution >= 0.6 is 35.3 Å². The Bertz CT molecular complexity index is 706. The lowest BCUT2D eigenvalue weighted by molar-refractivity contribution is 0.507. The third kappa shape index (κ3) is 4.96. The van der Waals surface area contributed by atoms with Crippen LogP contribution in [0.25, 0.3) is 4.96 Å². The van der Waals surface area contributed by atoms with Crippen molar-refractivity contribution in [3.63, 3.8) is 0 Å². The van der Waals surface area contributed by atoms with E-state index in [2.05, 4.69) is 27.5 Å². The van der Waals surface area contributed by atoms with Gasteiger partial charge in [-0.3, -0.25) is 4.40 Å². The molecule has 3 rings (SSSR count). The molecule has 0 aliphatic rings. The fourth-order valence-electron chi connectivity index (χ4n) is 2.11. The van der Waals surface area contributed by atoms with Gasteiger partial charge >= 0.3 is 0 Å². The summed E-state index contributed by atoms with van der Waals surface area (Å²) in [6.07, 6.45) is 6.55. The van der Waals surface area contributed by atoms with Crippen LogP contribution in [-0.4, -0.2) is 28.4 Å². The predicted molar refractivity (Wildman–Crippen MR) is 104 cm³/mol. The minimum absolute atomic E-state index is 0. The molecule has 2 N–H and O–H groups in total. The molecule has 0 aromatic carbocycles. The Labute approximate surface area is 156 Å². The molecule has 3 aromatic heterocycles. The summed E-state index contributed by atoms with van der Waals surface area (Å²) in [5.41, 5.74) is 0.968. The smallest absolute Gasteiger partial charge is 0.193 e. The highest BCUT2D eigenvalue weighted by atomic mass is 127. The Kier molecular flexibility index (Phi) is 6.90. The van der Waals surface area contributed by atoms with Gasteiger partial charge in [0.2, 0.25) is 0 Å². The van der Waals surface area contributed by atoms with Crippen molar-refractivity contribution in [3.05, 3.63) is 47.6 Å². The summed E-state index contributed by atoms with van der Waals surface area (Å²) in [6.45, 7) is 4.21. The second-order valence-corrected chi connectivity index (χ2v) is 5.65. The Hall–Kier alpha value is -1.55. The predicted octanol–water partition coefficient (Wildman–Crippen LogP) is 2.90. The molecule has 0 fully saturated rings. The number of aliphatic imine (C=N–C) groups is 1. The lowest BCUT2D eigenvalue weighted by Gasteiger charge is -2.10. The lowest BCUT2D eigenvalue weighted by atomic mass is 10.3. The van der Waals surface area contributed by atoms with Gasteiger partial charge in [-0.1, -0.05) is 0 Å². The Morgan fingerprint density at radius 3 is 3.09 bits per heavy atom. The van der Waals surface area contributed by atoms with Gasteiger partial charge in [-0.15, -0.1) is 35.3 Å². The first-order chi connectivity index (χ1) is 10.8. The van der Waals surface area contributed by atoms with Crippen LogP contribution in [0.4, 0.5) is 0 Å². The van der Waals surface area contributed by atoms with E-state index in [1.54, 1.807) is 17.6 Å². The Morgan fingerprint density at radius 1 is 1.43 bits per heavy atom. The van der Waals surface area contributed by atoms with Gasteiger partial charge in [0.05, 0.1) is 18.5 Å². The second kappa shape index (κ2) is 8.92. The minimum Gasteiger partial charge on any atom is -0.469 e. The molecule has 0 radical (unpaired) electrons. The first-order valence-corrected chi connectivity index (χ1v) is 8.19. The van der Waals surface area contributed by atoms with Crippen LogP contribution in [0.5, 0.6) is 0 Å². The van der Waals surface area contributed by atoms with E-state index in [1.165, 1.54) is 0 Å². The second-order valence-electron chi connectivity index (χ2n) is 4.78. The third-order valence-electron chi connectivity index (χ3n) is 3.13. The molecule has 23 heavy (non-hydrogen) atoms. The van der Waals surface area contributed by atoms with Gasteiger partial charge in [0.25, 0.3) is 0 Å². The summed E-state index contributed by atoms with van der Waals surface area (Å²) < 4.78 is 7.34. The average molecular weight is 445 g/mol. The molecule has 0 aliphatic heterocycles. The lowest BCUT2D eigenvalue weighted by Crippen LogP contribution is -2.38.